The highest BCUT2D eigenvalue weighted by atomic mass is 32.1. The van der Waals surface area contributed by atoms with Crippen molar-refractivity contribution in [3.05, 3.63) is 23.0 Å². The van der Waals surface area contributed by atoms with Gasteiger partial charge >= 0.3 is 0 Å². The van der Waals surface area contributed by atoms with Crippen molar-refractivity contribution in [1.29, 1.82) is 0 Å². The van der Waals surface area contributed by atoms with E-state index in [-0.39, 0.29) is 11.8 Å². The number of rotatable bonds is 6. The number of thiazole rings is 1. The Morgan fingerprint density at radius 1 is 1.36 bits per heavy atom. The van der Waals surface area contributed by atoms with Crippen molar-refractivity contribution in [3.8, 4) is 0 Å². The number of nitrogens with zero attached hydrogens (tertiary/aromatic N) is 2. The van der Waals surface area contributed by atoms with Crippen molar-refractivity contribution in [1.82, 2.24) is 20.0 Å². The van der Waals surface area contributed by atoms with Gasteiger partial charge in [-0.3, -0.25) is 9.20 Å². The van der Waals surface area contributed by atoms with Crippen molar-refractivity contribution in [3.63, 3.8) is 0 Å². The van der Waals surface area contributed by atoms with Crippen molar-refractivity contribution in [2.24, 2.45) is 5.92 Å². The third kappa shape index (κ3) is 3.50. The minimum Gasteiger partial charge on any atom is -0.355 e. The van der Waals surface area contributed by atoms with E-state index < -0.39 is 0 Å². The van der Waals surface area contributed by atoms with Gasteiger partial charge in [0.15, 0.2) is 4.96 Å². The van der Waals surface area contributed by atoms with Gasteiger partial charge in [0.1, 0.15) is 0 Å². The van der Waals surface area contributed by atoms with Crippen molar-refractivity contribution in [2.45, 2.75) is 45.6 Å². The maximum Gasteiger partial charge on any atom is 0.223 e. The molecular weight excluding hydrogens is 296 g/mol. The molecule has 5 nitrogen and oxygen atoms in total. The molecule has 6 heteroatoms. The molecule has 1 fully saturated rings. The van der Waals surface area contributed by atoms with E-state index >= 15 is 0 Å². The molecule has 0 bridgehead atoms. The van der Waals surface area contributed by atoms with Crippen molar-refractivity contribution < 1.29 is 4.79 Å². The SMILES string of the molecule is Cc1nc2sccn2c1CNCCNC(=O)C1CCCCC1. The van der Waals surface area contributed by atoms with Crippen LogP contribution in [0.3, 0.4) is 0 Å². The third-order valence-corrected chi connectivity index (χ3v) is 5.19. The predicted octanol–water partition coefficient (Wildman–Crippen LogP) is 2.49. The summed E-state index contributed by atoms with van der Waals surface area (Å²) in [5.41, 5.74) is 2.28. The number of aromatic nitrogens is 2. The fraction of sp³-hybridized carbons (Fsp3) is 0.625. The Bertz CT molecular complexity index is 627. The summed E-state index contributed by atoms with van der Waals surface area (Å²) >= 11 is 1.65. The Hall–Kier alpha value is -1.40. The Morgan fingerprint density at radius 2 is 2.18 bits per heavy atom. The molecule has 1 saturated carbocycles. The summed E-state index contributed by atoms with van der Waals surface area (Å²) in [4.78, 5) is 17.6. The van der Waals surface area contributed by atoms with Crippen molar-refractivity contribution in [2.75, 3.05) is 13.1 Å². The summed E-state index contributed by atoms with van der Waals surface area (Å²) < 4.78 is 2.13. The molecule has 2 N–H and O–H groups in total. The first-order valence-corrected chi connectivity index (χ1v) is 9.03. The predicted molar refractivity (Wildman–Crippen MR) is 89.1 cm³/mol. The molecule has 120 valence electrons. The highest BCUT2D eigenvalue weighted by Gasteiger charge is 2.20. The first-order valence-electron chi connectivity index (χ1n) is 8.15. The van der Waals surface area contributed by atoms with E-state index in [4.69, 9.17) is 0 Å². The zero-order valence-corrected chi connectivity index (χ0v) is 13.9. The molecule has 1 aliphatic rings. The number of carbonyl (C=O) groups excluding carboxylic acids is 1. The van der Waals surface area contributed by atoms with Crippen LogP contribution in [0.1, 0.15) is 43.5 Å². The number of nitrogens with one attached hydrogen (secondary N) is 2. The summed E-state index contributed by atoms with van der Waals surface area (Å²) in [5, 5.41) is 8.51. The van der Waals surface area contributed by atoms with Gasteiger partial charge in [-0.1, -0.05) is 19.3 Å². The lowest BCUT2D eigenvalue weighted by atomic mass is 9.89. The van der Waals surface area contributed by atoms with Gasteiger partial charge in [-0.15, -0.1) is 11.3 Å². The normalized spacial score (nSPS) is 16.2. The van der Waals surface area contributed by atoms with Crippen LogP contribution in [0.4, 0.5) is 0 Å². The second kappa shape index (κ2) is 7.24. The zero-order chi connectivity index (χ0) is 15.4. The molecule has 0 radical (unpaired) electrons. The van der Waals surface area contributed by atoms with E-state index in [1.165, 1.54) is 25.0 Å². The molecule has 0 aromatic carbocycles. The lowest BCUT2D eigenvalue weighted by molar-refractivity contribution is -0.125. The van der Waals surface area contributed by atoms with Gasteiger partial charge in [-0.2, -0.15) is 0 Å². The van der Waals surface area contributed by atoms with Crippen LogP contribution in [-0.4, -0.2) is 28.4 Å². The number of hydrogen-bond acceptors (Lipinski definition) is 4. The molecule has 0 unspecified atom stereocenters. The number of fused-ring (bicyclic) bond motifs is 1. The highest BCUT2D eigenvalue weighted by molar-refractivity contribution is 7.15. The quantitative estimate of drug-likeness (QED) is 0.804. The summed E-state index contributed by atoms with van der Waals surface area (Å²) in [6.45, 7) is 4.31. The number of aryl methyl sites for hydroxylation is 1. The first kappa shape index (κ1) is 15.5. The topological polar surface area (TPSA) is 58.4 Å². The summed E-state index contributed by atoms with van der Waals surface area (Å²) in [5.74, 6) is 0.485. The number of imidazole rings is 1. The van der Waals surface area contributed by atoms with Gasteiger partial charge in [0.05, 0.1) is 11.4 Å². The monoisotopic (exact) mass is 320 g/mol. The Morgan fingerprint density at radius 3 is 3.00 bits per heavy atom. The van der Waals surface area contributed by atoms with E-state index in [2.05, 4.69) is 31.6 Å². The molecule has 0 saturated heterocycles. The molecule has 0 spiro atoms. The van der Waals surface area contributed by atoms with Crippen molar-refractivity contribution >= 4 is 22.2 Å². The molecule has 2 aromatic heterocycles. The Labute approximate surface area is 135 Å². The molecule has 2 heterocycles. The van der Waals surface area contributed by atoms with E-state index in [0.29, 0.717) is 6.54 Å². The number of hydrogen-bond donors (Lipinski definition) is 2. The fourth-order valence-corrected chi connectivity index (χ4v) is 3.92. The second-order valence-corrected chi connectivity index (χ2v) is 6.88. The van der Waals surface area contributed by atoms with Crippen LogP contribution in [0, 0.1) is 12.8 Å². The van der Waals surface area contributed by atoms with Gasteiger partial charge in [-0.05, 0) is 19.8 Å². The molecule has 2 aromatic rings. The number of amides is 1. The van der Waals surface area contributed by atoms with Crippen LogP contribution < -0.4 is 10.6 Å². The van der Waals surface area contributed by atoms with Crippen LogP contribution in [0.2, 0.25) is 0 Å². The molecule has 22 heavy (non-hydrogen) atoms. The summed E-state index contributed by atoms with van der Waals surface area (Å²) in [6, 6.07) is 0. The molecule has 1 aliphatic carbocycles. The average molecular weight is 320 g/mol. The third-order valence-electron chi connectivity index (χ3n) is 4.43. The molecule has 0 atom stereocenters. The average Bonchev–Trinajstić information content (AvgIpc) is 3.09. The van der Waals surface area contributed by atoms with Crippen LogP contribution >= 0.6 is 11.3 Å². The lowest BCUT2D eigenvalue weighted by Crippen LogP contribution is -2.36. The standard InChI is InChI=1S/C16H24N4OS/c1-12-14(20-9-10-22-16(20)19-12)11-17-7-8-18-15(21)13-5-3-2-4-6-13/h9-10,13,17H,2-8,11H2,1H3,(H,18,21). The largest absolute Gasteiger partial charge is 0.355 e. The maximum atomic E-state index is 12.0. The number of carbonyl (C=O) groups is 1. The van der Waals surface area contributed by atoms with Gasteiger partial charge in [0.2, 0.25) is 5.91 Å². The highest BCUT2D eigenvalue weighted by Crippen LogP contribution is 2.23. The molecular formula is C16H24N4OS. The maximum absolute atomic E-state index is 12.0. The molecule has 1 amide bonds. The fourth-order valence-electron chi connectivity index (χ4n) is 3.14. The molecule has 3 rings (SSSR count). The van der Waals surface area contributed by atoms with Crippen LogP contribution in [0.15, 0.2) is 11.6 Å². The smallest absolute Gasteiger partial charge is 0.223 e. The second-order valence-electron chi connectivity index (χ2n) is 6.00. The van der Waals surface area contributed by atoms with Crippen LogP contribution in [-0.2, 0) is 11.3 Å². The lowest BCUT2D eigenvalue weighted by Gasteiger charge is -2.20. The van der Waals surface area contributed by atoms with E-state index in [1.54, 1.807) is 11.3 Å². The van der Waals surface area contributed by atoms with E-state index in [0.717, 1.165) is 36.6 Å². The summed E-state index contributed by atoms with van der Waals surface area (Å²) in [6.07, 6.45) is 7.87. The van der Waals surface area contributed by atoms with Crippen LogP contribution in [0.25, 0.3) is 4.96 Å². The van der Waals surface area contributed by atoms with Gasteiger partial charge in [0, 0.05) is 37.1 Å². The minimum absolute atomic E-state index is 0.238. The Balaban J connectivity index is 1.39. The molecule has 0 aliphatic heterocycles. The minimum atomic E-state index is 0.238. The van der Waals surface area contributed by atoms with Gasteiger partial charge in [0.25, 0.3) is 0 Å². The Kier molecular flexibility index (Phi) is 5.10. The van der Waals surface area contributed by atoms with Gasteiger partial charge < -0.3 is 10.6 Å². The van der Waals surface area contributed by atoms with E-state index in [9.17, 15) is 4.79 Å². The van der Waals surface area contributed by atoms with Gasteiger partial charge in [-0.25, -0.2) is 4.98 Å². The first-order chi connectivity index (χ1) is 10.8. The summed E-state index contributed by atoms with van der Waals surface area (Å²) in [7, 11) is 0. The van der Waals surface area contributed by atoms with Crippen LogP contribution in [0.5, 0.6) is 0 Å². The van der Waals surface area contributed by atoms with E-state index in [1.807, 2.05) is 6.92 Å². The zero-order valence-electron chi connectivity index (χ0n) is 13.1.